The van der Waals surface area contributed by atoms with E-state index in [0.29, 0.717) is 11.5 Å². The number of carboxylic acids is 1. The van der Waals surface area contributed by atoms with Gasteiger partial charge in [0.2, 0.25) is 0 Å². The molecular formula is C8H8O3. The number of carbonyl (C=O) groups is 1. The number of aromatic carboxylic acids is 1. The summed E-state index contributed by atoms with van der Waals surface area (Å²) in [6.07, 6.45) is 1.47. The standard InChI is InChI=1S/C8H8O3/c1-3-6-4-7(8(9)10)5(2)11-6/h3-4H,1H2,2H3,(H,9,10). The molecule has 0 amide bonds. The molecule has 0 spiro atoms. The molecule has 1 N–H and O–H groups in total. The second-order valence-electron chi connectivity index (χ2n) is 2.13. The summed E-state index contributed by atoms with van der Waals surface area (Å²) in [5.74, 6) is -0.0772. The van der Waals surface area contributed by atoms with Crippen LogP contribution in [-0.4, -0.2) is 11.1 Å². The van der Waals surface area contributed by atoms with Gasteiger partial charge in [-0.15, -0.1) is 0 Å². The molecule has 1 heterocycles. The van der Waals surface area contributed by atoms with Crippen molar-refractivity contribution in [3.8, 4) is 0 Å². The van der Waals surface area contributed by atoms with Crippen LogP contribution in [0.5, 0.6) is 0 Å². The SMILES string of the molecule is C=Cc1cc(C(=O)O)c(C)o1. The van der Waals surface area contributed by atoms with E-state index in [4.69, 9.17) is 9.52 Å². The first kappa shape index (κ1) is 7.60. The first-order valence-electron chi connectivity index (χ1n) is 3.11. The van der Waals surface area contributed by atoms with Crippen molar-refractivity contribution in [2.45, 2.75) is 6.92 Å². The van der Waals surface area contributed by atoms with Gasteiger partial charge in [-0.05, 0) is 19.1 Å². The van der Waals surface area contributed by atoms with E-state index in [1.54, 1.807) is 6.92 Å². The molecular weight excluding hydrogens is 144 g/mol. The van der Waals surface area contributed by atoms with Crippen LogP contribution in [0.4, 0.5) is 0 Å². The summed E-state index contributed by atoms with van der Waals surface area (Å²) in [5, 5.41) is 8.58. The molecule has 0 saturated heterocycles. The van der Waals surface area contributed by atoms with Crippen LogP contribution < -0.4 is 0 Å². The van der Waals surface area contributed by atoms with Crippen LogP contribution in [0.1, 0.15) is 21.9 Å². The fraction of sp³-hybridized carbons (Fsp3) is 0.125. The lowest BCUT2D eigenvalue weighted by Crippen LogP contribution is -1.94. The Hall–Kier alpha value is -1.51. The lowest BCUT2D eigenvalue weighted by Gasteiger charge is -1.85. The first-order valence-corrected chi connectivity index (χ1v) is 3.11. The molecule has 11 heavy (non-hydrogen) atoms. The number of aryl methyl sites for hydroxylation is 1. The third-order valence-electron chi connectivity index (χ3n) is 1.37. The minimum atomic E-state index is -0.973. The topological polar surface area (TPSA) is 50.4 Å². The smallest absolute Gasteiger partial charge is 0.339 e. The Bertz CT molecular complexity index is 296. The average Bonchev–Trinajstić information content (AvgIpc) is 2.30. The molecule has 0 atom stereocenters. The fourth-order valence-corrected chi connectivity index (χ4v) is 0.818. The highest BCUT2D eigenvalue weighted by Crippen LogP contribution is 2.14. The zero-order valence-corrected chi connectivity index (χ0v) is 6.13. The second kappa shape index (κ2) is 2.62. The van der Waals surface area contributed by atoms with Gasteiger partial charge in [0, 0.05) is 0 Å². The van der Waals surface area contributed by atoms with Crippen LogP contribution in [0, 0.1) is 6.92 Å². The molecule has 1 aromatic heterocycles. The highest BCUT2D eigenvalue weighted by atomic mass is 16.4. The molecule has 0 unspecified atom stereocenters. The summed E-state index contributed by atoms with van der Waals surface area (Å²) in [7, 11) is 0. The predicted octanol–water partition coefficient (Wildman–Crippen LogP) is 1.93. The molecule has 0 aromatic carbocycles. The van der Waals surface area contributed by atoms with Crippen molar-refractivity contribution in [1.82, 2.24) is 0 Å². The molecule has 3 heteroatoms. The van der Waals surface area contributed by atoms with Crippen molar-refractivity contribution in [3.05, 3.63) is 29.7 Å². The lowest BCUT2D eigenvalue weighted by molar-refractivity contribution is 0.0695. The van der Waals surface area contributed by atoms with Gasteiger partial charge in [-0.25, -0.2) is 4.79 Å². The lowest BCUT2D eigenvalue weighted by atomic mass is 10.2. The van der Waals surface area contributed by atoms with Gasteiger partial charge in [-0.1, -0.05) is 6.58 Å². The van der Waals surface area contributed by atoms with E-state index in [9.17, 15) is 4.79 Å². The molecule has 3 nitrogen and oxygen atoms in total. The molecule has 58 valence electrons. The van der Waals surface area contributed by atoms with Gasteiger partial charge in [-0.3, -0.25) is 0 Å². The number of carboxylic acid groups (broad SMARTS) is 1. The number of hydrogen-bond donors (Lipinski definition) is 1. The predicted molar refractivity (Wildman–Crippen MR) is 40.5 cm³/mol. The summed E-state index contributed by atoms with van der Waals surface area (Å²) >= 11 is 0. The fourth-order valence-electron chi connectivity index (χ4n) is 0.818. The third kappa shape index (κ3) is 1.32. The van der Waals surface area contributed by atoms with E-state index in [-0.39, 0.29) is 5.56 Å². The summed E-state index contributed by atoms with van der Waals surface area (Å²) in [4.78, 5) is 10.5. The molecule has 0 bridgehead atoms. The van der Waals surface area contributed by atoms with Gasteiger partial charge in [0.25, 0.3) is 0 Å². The number of furan rings is 1. The molecule has 0 saturated carbocycles. The molecule has 0 aliphatic rings. The monoisotopic (exact) mass is 152 g/mol. The zero-order valence-electron chi connectivity index (χ0n) is 6.13. The quantitative estimate of drug-likeness (QED) is 0.704. The first-order chi connectivity index (χ1) is 5.15. The average molecular weight is 152 g/mol. The largest absolute Gasteiger partial charge is 0.478 e. The van der Waals surface area contributed by atoms with Gasteiger partial charge in [0.05, 0.1) is 0 Å². The van der Waals surface area contributed by atoms with E-state index >= 15 is 0 Å². The molecule has 0 radical (unpaired) electrons. The van der Waals surface area contributed by atoms with Crippen LogP contribution in [0.25, 0.3) is 6.08 Å². The summed E-state index contributed by atoms with van der Waals surface area (Å²) in [5.41, 5.74) is 0.194. The molecule has 0 aliphatic heterocycles. The molecule has 0 aliphatic carbocycles. The van der Waals surface area contributed by atoms with Crippen LogP contribution in [0.3, 0.4) is 0 Å². The maximum absolute atomic E-state index is 10.5. The normalized spacial score (nSPS) is 9.55. The van der Waals surface area contributed by atoms with E-state index in [1.165, 1.54) is 12.1 Å². The number of hydrogen-bond acceptors (Lipinski definition) is 2. The minimum Gasteiger partial charge on any atom is -0.478 e. The van der Waals surface area contributed by atoms with Gasteiger partial charge >= 0.3 is 5.97 Å². The van der Waals surface area contributed by atoms with Crippen molar-refractivity contribution in [2.75, 3.05) is 0 Å². The Morgan fingerprint density at radius 1 is 1.82 bits per heavy atom. The van der Waals surface area contributed by atoms with Crippen LogP contribution in [0.15, 0.2) is 17.1 Å². The van der Waals surface area contributed by atoms with E-state index < -0.39 is 5.97 Å². The van der Waals surface area contributed by atoms with Crippen LogP contribution >= 0.6 is 0 Å². The maximum atomic E-state index is 10.5. The number of rotatable bonds is 2. The van der Waals surface area contributed by atoms with E-state index in [0.717, 1.165) is 0 Å². The van der Waals surface area contributed by atoms with Crippen molar-refractivity contribution in [1.29, 1.82) is 0 Å². The van der Waals surface area contributed by atoms with Crippen LogP contribution in [-0.2, 0) is 0 Å². The van der Waals surface area contributed by atoms with Crippen molar-refractivity contribution < 1.29 is 14.3 Å². The molecule has 0 fully saturated rings. The highest BCUT2D eigenvalue weighted by molar-refractivity contribution is 5.89. The summed E-state index contributed by atoms with van der Waals surface area (Å²) in [6.45, 7) is 5.07. The Morgan fingerprint density at radius 2 is 2.45 bits per heavy atom. The Labute approximate surface area is 64.0 Å². The van der Waals surface area contributed by atoms with Gasteiger partial charge in [0.15, 0.2) is 0 Å². The Balaban J connectivity index is 3.16. The Morgan fingerprint density at radius 3 is 2.73 bits per heavy atom. The van der Waals surface area contributed by atoms with Crippen LogP contribution in [0.2, 0.25) is 0 Å². The van der Waals surface area contributed by atoms with Crippen molar-refractivity contribution in [3.63, 3.8) is 0 Å². The molecule has 1 aromatic rings. The molecule has 1 rings (SSSR count). The summed E-state index contributed by atoms with van der Waals surface area (Å²) in [6, 6.07) is 1.45. The van der Waals surface area contributed by atoms with E-state index in [2.05, 4.69) is 6.58 Å². The Kier molecular flexibility index (Phi) is 1.81. The highest BCUT2D eigenvalue weighted by Gasteiger charge is 2.11. The van der Waals surface area contributed by atoms with Gasteiger partial charge in [0.1, 0.15) is 17.1 Å². The van der Waals surface area contributed by atoms with Gasteiger partial charge < -0.3 is 9.52 Å². The minimum absolute atomic E-state index is 0.194. The zero-order chi connectivity index (χ0) is 8.43. The third-order valence-corrected chi connectivity index (χ3v) is 1.37. The second-order valence-corrected chi connectivity index (χ2v) is 2.13. The summed E-state index contributed by atoms with van der Waals surface area (Å²) < 4.78 is 5.03. The van der Waals surface area contributed by atoms with E-state index in [1.807, 2.05) is 0 Å². The maximum Gasteiger partial charge on any atom is 0.339 e. The van der Waals surface area contributed by atoms with Crippen molar-refractivity contribution in [2.24, 2.45) is 0 Å². The van der Waals surface area contributed by atoms with Gasteiger partial charge in [-0.2, -0.15) is 0 Å². The van der Waals surface area contributed by atoms with Crippen molar-refractivity contribution >= 4 is 12.0 Å².